The minimum Gasteiger partial charge on any atom is -0.497 e. The molecule has 0 saturated carbocycles. The molecule has 0 spiro atoms. The van der Waals surface area contributed by atoms with Crippen LogP contribution in [0.5, 0.6) is 5.75 Å². The normalized spacial score (nSPS) is 9.33. The number of benzene rings is 2. The van der Waals surface area contributed by atoms with E-state index in [-0.39, 0.29) is 0 Å². The number of rotatable bonds is 4. The van der Waals surface area contributed by atoms with Gasteiger partial charge in [-0.05, 0) is 36.4 Å². The number of hydroxylamine groups is 1. The van der Waals surface area contributed by atoms with Crippen molar-refractivity contribution in [2.45, 2.75) is 0 Å². The van der Waals surface area contributed by atoms with Gasteiger partial charge in [-0.2, -0.15) is 5.48 Å². The number of para-hydroxylation sites is 1. The van der Waals surface area contributed by atoms with Crippen molar-refractivity contribution in [3.05, 3.63) is 54.6 Å². The first-order valence-electron chi connectivity index (χ1n) is 6.10. The second kappa shape index (κ2) is 6.82. The van der Waals surface area contributed by atoms with E-state index in [0.29, 0.717) is 17.1 Å². The number of hydrogen-bond acceptors (Lipinski definition) is 4. The molecule has 106 valence electrons. The Morgan fingerprint density at radius 1 is 1.10 bits per heavy atom. The molecule has 0 aliphatic rings. The van der Waals surface area contributed by atoms with Gasteiger partial charge in [0.1, 0.15) is 5.75 Å². The summed E-state index contributed by atoms with van der Waals surface area (Å²) >= 11 is 0. The maximum atomic E-state index is 12.2. The lowest BCUT2D eigenvalue weighted by molar-refractivity contribution is 0.159. The first kappa shape index (κ1) is 14.2. The van der Waals surface area contributed by atoms with E-state index in [1.165, 1.54) is 11.2 Å². The molecular formula is C15H13N3O3. The molecule has 6 heteroatoms. The Labute approximate surface area is 122 Å². The zero-order valence-electron chi connectivity index (χ0n) is 11.3. The topological polar surface area (TPSA) is 74.6 Å². The Morgan fingerprint density at radius 2 is 1.71 bits per heavy atom. The van der Waals surface area contributed by atoms with Crippen LogP contribution >= 0.6 is 0 Å². The van der Waals surface area contributed by atoms with Gasteiger partial charge in [-0.15, -0.1) is 5.26 Å². The van der Waals surface area contributed by atoms with E-state index in [0.717, 1.165) is 0 Å². The summed E-state index contributed by atoms with van der Waals surface area (Å²) in [7, 11) is 1.57. The van der Waals surface area contributed by atoms with Crippen LogP contribution in [-0.2, 0) is 4.84 Å². The van der Waals surface area contributed by atoms with Crippen LogP contribution in [0.25, 0.3) is 0 Å². The Balaban J connectivity index is 2.35. The fourth-order valence-electron chi connectivity index (χ4n) is 1.80. The fourth-order valence-corrected chi connectivity index (χ4v) is 1.80. The predicted molar refractivity (Wildman–Crippen MR) is 76.8 cm³/mol. The third-order valence-corrected chi connectivity index (χ3v) is 2.73. The maximum absolute atomic E-state index is 12.2. The van der Waals surface area contributed by atoms with Gasteiger partial charge >= 0.3 is 12.3 Å². The van der Waals surface area contributed by atoms with Crippen LogP contribution in [0, 0.1) is 11.5 Å². The molecule has 2 aromatic carbocycles. The SMILES string of the molecule is COc1ccc(N(C(=O)NOC#N)c2ccccc2)cc1. The molecule has 0 bridgehead atoms. The molecule has 0 aliphatic carbocycles. The van der Waals surface area contributed by atoms with Crippen molar-refractivity contribution >= 4 is 17.4 Å². The number of urea groups is 1. The zero-order valence-corrected chi connectivity index (χ0v) is 11.3. The molecule has 0 unspecified atom stereocenters. The van der Waals surface area contributed by atoms with Gasteiger partial charge in [-0.3, -0.25) is 9.74 Å². The number of nitriles is 1. The highest BCUT2D eigenvalue weighted by Gasteiger charge is 2.18. The van der Waals surface area contributed by atoms with Crippen molar-refractivity contribution in [2.75, 3.05) is 12.0 Å². The van der Waals surface area contributed by atoms with Gasteiger partial charge < -0.3 is 4.74 Å². The third-order valence-electron chi connectivity index (χ3n) is 2.73. The first-order valence-corrected chi connectivity index (χ1v) is 6.10. The Hall–Kier alpha value is -3.20. The van der Waals surface area contributed by atoms with E-state index < -0.39 is 6.03 Å². The van der Waals surface area contributed by atoms with Crippen molar-refractivity contribution in [1.29, 1.82) is 5.26 Å². The lowest BCUT2D eigenvalue weighted by atomic mass is 10.2. The lowest BCUT2D eigenvalue weighted by Crippen LogP contribution is -2.36. The fraction of sp³-hybridized carbons (Fsp3) is 0.0667. The number of carbonyl (C=O) groups excluding carboxylic acids is 1. The van der Waals surface area contributed by atoms with Crippen molar-refractivity contribution in [1.82, 2.24) is 5.48 Å². The molecule has 0 fully saturated rings. The van der Waals surface area contributed by atoms with Crippen molar-refractivity contribution in [3.63, 3.8) is 0 Å². The van der Waals surface area contributed by atoms with Crippen LogP contribution in [0.1, 0.15) is 0 Å². The molecule has 0 saturated heterocycles. The van der Waals surface area contributed by atoms with E-state index >= 15 is 0 Å². The van der Waals surface area contributed by atoms with E-state index in [1.54, 1.807) is 43.5 Å². The molecule has 2 rings (SSSR count). The summed E-state index contributed by atoms with van der Waals surface area (Å²) in [5, 5.41) is 8.38. The van der Waals surface area contributed by atoms with Crippen molar-refractivity contribution in [2.24, 2.45) is 0 Å². The van der Waals surface area contributed by atoms with Gasteiger partial charge in [-0.1, -0.05) is 18.2 Å². The van der Waals surface area contributed by atoms with Crippen LogP contribution < -0.4 is 15.1 Å². The minimum atomic E-state index is -0.576. The second-order valence-electron chi connectivity index (χ2n) is 3.97. The Bertz CT molecular complexity index is 635. The molecule has 1 N–H and O–H groups in total. The lowest BCUT2D eigenvalue weighted by Gasteiger charge is -2.22. The van der Waals surface area contributed by atoms with E-state index in [1.807, 2.05) is 18.2 Å². The summed E-state index contributed by atoms with van der Waals surface area (Å²) in [5.74, 6) is 0.681. The number of methoxy groups -OCH3 is 1. The third kappa shape index (κ3) is 3.42. The molecule has 0 radical (unpaired) electrons. The highest BCUT2D eigenvalue weighted by molar-refractivity contribution is 5.98. The zero-order chi connectivity index (χ0) is 15.1. The van der Waals surface area contributed by atoms with E-state index in [4.69, 9.17) is 10.00 Å². The minimum absolute atomic E-state index is 0.576. The summed E-state index contributed by atoms with van der Waals surface area (Å²) in [6, 6.07) is 15.4. The van der Waals surface area contributed by atoms with Crippen LogP contribution in [0.3, 0.4) is 0 Å². The molecule has 2 aromatic rings. The standard InChI is InChI=1S/C15H13N3O3/c1-20-14-9-7-13(8-10-14)18(15(19)17-21-11-16)12-5-3-2-4-6-12/h2-10H,1H3,(H,17,19). The maximum Gasteiger partial charge on any atom is 0.360 e. The monoisotopic (exact) mass is 283 g/mol. The Kier molecular flexibility index (Phi) is 4.62. The molecule has 0 aromatic heterocycles. The van der Waals surface area contributed by atoms with Crippen molar-refractivity contribution < 1.29 is 14.4 Å². The molecule has 0 atom stereocenters. The average molecular weight is 283 g/mol. The molecule has 0 aliphatic heterocycles. The smallest absolute Gasteiger partial charge is 0.360 e. The summed E-state index contributed by atoms with van der Waals surface area (Å²) in [6.45, 7) is 0. The van der Waals surface area contributed by atoms with Crippen LogP contribution in [-0.4, -0.2) is 13.1 Å². The number of hydrogen-bond donors (Lipinski definition) is 1. The summed E-state index contributed by atoms with van der Waals surface area (Å²) in [4.78, 5) is 17.9. The molecule has 21 heavy (non-hydrogen) atoms. The van der Waals surface area contributed by atoms with E-state index in [2.05, 4.69) is 10.3 Å². The van der Waals surface area contributed by atoms with E-state index in [9.17, 15) is 4.79 Å². The molecule has 2 amide bonds. The predicted octanol–water partition coefficient (Wildman–Crippen LogP) is 2.96. The van der Waals surface area contributed by atoms with Gasteiger partial charge in [0.25, 0.3) is 0 Å². The summed E-state index contributed by atoms with van der Waals surface area (Å²) < 4.78 is 5.09. The quantitative estimate of drug-likeness (QED) is 0.691. The summed E-state index contributed by atoms with van der Waals surface area (Å²) in [6.07, 6.45) is 1.40. The largest absolute Gasteiger partial charge is 0.497 e. The number of nitrogens with zero attached hydrogens (tertiary/aromatic N) is 2. The van der Waals surface area contributed by atoms with Crippen molar-refractivity contribution in [3.8, 4) is 12.0 Å². The second-order valence-corrected chi connectivity index (χ2v) is 3.97. The van der Waals surface area contributed by atoms with Gasteiger partial charge in [0, 0.05) is 0 Å². The number of amides is 2. The number of anilines is 2. The Morgan fingerprint density at radius 3 is 2.29 bits per heavy atom. The van der Waals surface area contributed by atoms with Gasteiger partial charge in [0.2, 0.25) is 0 Å². The highest BCUT2D eigenvalue weighted by atomic mass is 16.6. The average Bonchev–Trinajstić information content (AvgIpc) is 2.55. The molecular weight excluding hydrogens is 270 g/mol. The van der Waals surface area contributed by atoms with Crippen LogP contribution in [0.4, 0.5) is 16.2 Å². The van der Waals surface area contributed by atoms with Gasteiger partial charge in [0.05, 0.1) is 18.5 Å². The first-order chi connectivity index (χ1) is 10.3. The van der Waals surface area contributed by atoms with Crippen LogP contribution in [0.15, 0.2) is 54.6 Å². The molecule has 6 nitrogen and oxygen atoms in total. The van der Waals surface area contributed by atoms with Crippen LogP contribution in [0.2, 0.25) is 0 Å². The number of ether oxygens (including phenoxy) is 1. The van der Waals surface area contributed by atoms with Gasteiger partial charge in [-0.25, -0.2) is 4.79 Å². The summed E-state index contributed by atoms with van der Waals surface area (Å²) in [5.41, 5.74) is 3.31. The number of carbonyl (C=O) groups is 1. The molecule has 0 heterocycles. The highest BCUT2D eigenvalue weighted by Crippen LogP contribution is 2.27. The number of nitrogens with one attached hydrogen (secondary N) is 1. The van der Waals surface area contributed by atoms with Gasteiger partial charge in [0.15, 0.2) is 0 Å².